The van der Waals surface area contributed by atoms with E-state index >= 15 is 0 Å². The zero-order chi connectivity index (χ0) is 20.7. The zero-order valence-electron chi connectivity index (χ0n) is 16.6. The summed E-state index contributed by atoms with van der Waals surface area (Å²) in [6.07, 6.45) is 3.22. The van der Waals surface area contributed by atoms with Gasteiger partial charge in [0.05, 0.1) is 18.3 Å². The van der Waals surface area contributed by atoms with E-state index < -0.39 is 17.9 Å². The Bertz CT molecular complexity index is 812. The third-order valence-electron chi connectivity index (χ3n) is 3.97. The second-order valence-electron chi connectivity index (χ2n) is 7.30. The summed E-state index contributed by atoms with van der Waals surface area (Å²) in [7, 11) is 1.59. The number of methoxy groups -OCH3 is 1. The van der Waals surface area contributed by atoms with Gasteiger partial charge in [-0.2, -0.15) is 0 Å². The molecule has 0 bridgehead atoms. The van der Waals surface area contributed by atoms with Crippen molar-refractivity contribution in [2.75, 3.05) is 13.7 Å². The number of aromatic nitrogens is 1. The number of aliphatic carboxylic acids is 1. The van der Waals surface area contributed by atoms with Crippen LogP contribution >= 0.6 is 0 Å². The second kappa shape index (κ2) is 9.32. The Morgan fingerprint density at radius 2 is 1.82 bits per heavy atom. The smallest absolute Gasteiger partial charge is 0.326 e. The van der Waals surface area contributed by atoms with Gasteiger partial charge in [-0.05, 0) is 44.5 Å². The number of hydrogen-bond acceptors (Lipinski definition) is 5. The van der Waals surface area contributed by atoms with E-state index in [-0.39, 0.29) is 24.2 Å². The average molecular weight is 386 g/mol. The van der Waals surface area contributed by atoms with E-state index in [4.69, 9.17) is 9.47 Å². The van der Waals surface area contributed by atoms with Crippen LogP contribution in [-0.4, -0.2) is 47.3 Å². The largest absolute Gasteiger partial charge is 0.497 e. The Labute approximate surface area is 164 Å². The highest BCUT2D eigenvalue weighted by molar-refractivity contribution is 5.97. The molecule has 0 saturated heterocycles. The maximum atomic E-state index is 12.5. The van der Waals surface area contributed by atoms with Crippen molar-refractivity contribution >= 4 is 11.9 Å². The van der Waals surface area contributed by atoms with Crippen LogP contribution in [0.25, 0.3) is 11.1 Å². The van der Waals surface area contributed by atoms with Crippen molar-refractivity contribution < 1.29 is 24.2 Å². The number of carboxylic acid groups (broad SMARTS) is 1. The highest BCUT2D eigenvalue weighted by Gasteiger charge is 2.22. The van der Waals surface area contributed by atoms with Gasteiger partial charge in [0.2, 0.25) is 0 Å². The number of nitrogens with one attached hydrogen (secondary N) is 1. The molecule has 1 aromatic heterocycles. The highest BCUT2D eigenvalue weighted by atomic mass is 16.5. The molecule has 1 aromatic carbocycles. The molecule has 150 valence electrons. The van der Waals surface area contributed by atoms with E-state index in [0.717, 1.165) is 16.9 Å². The Hall–Kier alpha value is -2.93. The first-order valence-corrected chi connectivity index (χ1v) is 8.97. The molecule has 1 unspecified atom stereocenters. The molecule has 28 heavy (non-hydrogen) atoms. The minimum absolute atomic E-state index is 0.171. The van der Waals surface area contributed by atoms with Gasteiger partial charge >= 0.3 is 5.97 Å². The Morgan fingerprint density at radius 3 is 2.39 bits per heavy atom. The van der Waals surface area contributed by atoms with Crippen molar-refractivity contribution in [3.8, 4) is 16.9 Å². The fourth-order valence-corrected chi connectivity index (χ4v) is 2.49. The van der Waals surface area contributed by atoms with Gasteiger partial charge in [-0.15, -0.1) is 0 Å². The summed E-state index contributed by atoms with van der Waals surface area (Å²) in [6, 6.07) is 7.99. The molecule has 0 spiro atoms. The molecule has 0 aliphatic carbocycles. The number of amides is 1. The highest BCUT2D eigenvalue weighted by Crippen LogP contribution is 2.22. The normalized spacial score (nSPS) is 12.3. The lowest BCUT2D eigenvalue weighted by atomic mass is 10.1. The van der Waals surface area contributed by atoms with E-state index in [1.807, 2.05) is 45.0 Å². The predicted octanol–water partition coefficient (Wildman–Crippen LogP) is 3.15. The van der Waals surface area contributed by atoms with Crippen molar-refractivity contribution in [2.45, 2.75) is 38.8 Å². The fraction of sp³-hybridized carbons (Fsp3) is 0.381. The van der Waals surface area contributed by atoms with Gasteiger partial charge in [0.25, 0.3) is 5.91 Å². The molecule has 1 heterocycles. The number of hydrogen-bond donors (Lipinski definition) is 2. The summed E-state index contributed by atoms with van der Waals surface area (Å²) in [5, 5.41) is 11.9. The van der Waals surface area contributed by atoms with E-state index in [1.165, 1.54) is 6.20 Å². The summed E-state index contributed by atoms with van der Waals surface area (Å²) in [6.45, 7) is 5.89. The first-order chi connectivity index (χ1) is 13.2. The van der Waals surface area contributed by atoms with E-state index in [2.05, 4.69) is 10.3 Å². The molecule has 1 atom stereocenters. The van der Waals surface area contributed by atoms with Crippen LogP contribution in [0.5, 0.6) is 5.75 Å². The summed E-state index contributed by atoms with van der Waals surface area (Å²) in [5.41, 5.74) is 1.54. The lowest BCUT2D eigenvalue weighted by Gasteiger charge is -2.21. The molecule has 1 amide bonds. The molecule has 2 rings (SSSR count). The molecule has 0 radical (unpaired) electrons. The van der Waals surface area contributed by atoms with Crippen LogP contribution in [0.1, 0.15) is 37.6 Å². The van der Waals surface area contributed by atoms with Crippen LogP contribution in [0.4, 0.5) is 0 Å². The first-order valence-electron chi connectivity index (χ1n) is 8.97. The number of nitrogens with zero attached hydrogens (tertiary/aromatic N) is 1. The van der Waals surface area contributed by atoms with E-state index in [0.29, 0.717) is 0 Å². The van der Waals surface area contributed by atoms with Crippen molar-refractivity contribution in [3.63, 3.8) is 0 Å². The van der Waals surface area contributed by atoms with Crippen LogP contribution in [0.2, 0.25) is 0 Å². The number of benzene rings is 1. The minimum atomic E-state index is -1.11. The fourth-order valence-electron chi connectivity index (χ4n) is 2.49. The third-order valence-corrected chi connectivity index (χ3v) is 3.97. The van der Waals surface area contributed by atoms with Crippen LogP contribution in [0, 0.1) is 0 Å². The molecule has 0 aliphatic heterocycles. The Morgan fingerprint density at radius 1 is 1.14 bits per heavy atom. The summed E-state index contributed by atoms with van der Waals surface area (Å²) < 4.78 is 10.7. The lowest BCUT2D eigenvalue weighted by molar-refractivity contribution is -0.140. The Balaban J connectivity index is 2.08. The van der Waals surface area contributed by atoms with Crippen molar-refractivity contribution in [3.05, 3.63) is 48.3 Å². The van der Waals surface area contributed by atoms with E-state index in [1.54, 1.807) is 19.4 Å². The first kappa shape index (κ1) is 21.4. The Kier molecular flexibility index (Phi) is 7.12. The number of carbonyl (C=O) groups excluding carboxylic acids is 1. The van der Waals surface area contributed by atoms with Crippen molar-refractivity contribution in [2.24, 2.45) is 0 Å². The van der Waals surface area contributed by atoms with Gasteiger partial charge in [0.15, 0.2) is 0 Å². The molecule has 2 aromatic rings. The standard InChI is InChI=1S/C21H26N2O5/c1-21(2,3)28-10-9-18(20(25)26)23-19(24)16-11-15(12-22-13-16)14-5-7-17(27-4)8-6-14/h5-8,11-13,18H,9-10H2,1-4H3,(H,23,24)(H,25,26). The van der Waals surface area contributed by atoms with Crippen molar-refractivity contribution in [1.29, 1.82) is 0 Å². The molecular weight excluding hydrogens is 360 g/mol. The van der Waals surface area contributed by atoms with Crippen LogP contribution in [0.3, 0.4) is 0 Å². The number of carboxylic acids is 1. The molecule has 0 saturated carbocycles. The predicted molar refractivity (Wildman–Crippen MR) is 105 cm³/mol. The second-order valence-corrected chi connectivity index (χ2v) is 7.30. The molecule has 2 N–H and O–H groups in total. The SMILES string of the molecule is COc1ccc(-c2cncc(C(=O)NC(CCOC(C)(C)C)C(=O)O)c2)cc1. The number of rotatable bonds is 8. The lowest BCUT2D eigenvalue weighted by Crippen LogP contribution is -2.42. The van der Waals surface area contributed by atoms with Crippen LogP contribution < -0.4 is 10.1 Å². The monoisotopic (exact) mass is 386 g/mol. The van der Waals surface area contributed by atoms with Crippen molar-refractivity contribution in [1.82, 2.24) is 10.3 Å². The maximum absolute atomic E-state index is 12.5. The van der Waals surface area contributed by atoms with Gasteiger partial charge in [0, 0.05) is 31.0 Å². The number of carbonyl (C=O) groups is 2. The van der Waals surface area contributed by atoms with E-state index in [9.17, 15) is 14.7 Å². The molecule has 0 fully saturated rings. The zero-order valence-corrected chi connectivity index (χ0v) is 16.6. The third kappa shape index (κ3) is 6.35. The maximum Gasteiger partial charge on any atom is 0.326 e. The van der Waals surface area contributed by atoms with Crippen LogP contribution in [0.15, 0.2) is 42.7 Å². The van der Waals surface area contributed by atoms with Gasteiger partial charge in [-0.1, -0.05) is 12.1 Å². The summed E-state index contributed by atoms with van der Waals surface area (Å²) in [5.74, 6) is -0.872. The quantitative estimate of drug-likeness (QED) is 0.723. The topological polar surface area (TPSA) is 97.8 Å². The van der Waals surface area contributed by atoms with Gasteiger partial charge in [-0.25, -0.2) is 4.79 Å². The summed E-state index contributed by atoms with van der Waals surface area (Å²) in [4.78, 5) is 28.1. The molecule has 7 nitrogen and oxygen atoms in total. The number of pyridine rings is 1. The van der Waals surface area contributed by atoms with Gasteiger partial charge in [-0.3, -0.25) is 9.78 Å². The molecular formula is C21H26N2O5. The van der Waals surface area contributed by atoms with Gasteiger partial charge < -0.3 is 19.9 Å². The summed E-state index contributed by atoms with van der Waals surface area (Å²) >= 11 is 0. The minimum Gasteiger partial charge on any atom is -0.497 e. The molecule has 7 heteroatoms. The van der Waals surface area contributed by atoms with Gasteiger partial charge in [0.1, 0.15) is 11.8 Å². The average Bonchev–Trinajstić information content (AvgIpc) is 2.66. The molecule has 0 aliphatic rings. The van der Waals surface area contributed by atoms with Crippen LogP contribution in [-0.2, 0) is 9.53 Å². The number of ether oxygens (including phenoxy) is 2.